The normalized spacial score (nSPS) is 18.4. The van der Waals surface area contributed by atoms with Crippen molar-refractivity contribution in [1.82, 2.24) is 9.97 Å². The molecule has 0 unspecified atom stereocenters. The molecule has 18 heavy (non-hydrogen) atoms. The first-order chi connectivity index (χ1) is 8.72. The first-order valence-corrected chi connectivity index (χ1v) is 8.11. The van der Waals surface area contributed by atoms with Gasteiger partial charge in [-0.05, 0) is 35.2 Å². The van der Waals surface area contributed by atoms with Crippen molar-refractivity contribution in [2.45, 2.75) is 64.2 Å². The van der Waals surface area contributed by atoms with E-state index in [0.717, 1.165) is 22.4 Å². The van der Waals surface area contributed by atoms with Crippen LogP contribution in [0.2, 0.25) is 5.15 Å². The molecule has 0 amide bonds. The van der Waals surface area contributed by atoms with E-state index in [2.05, 4.69) is 27.8 Å². The van der Waals surface area contributed by atoms with Crippen LogP contribution in [-0.2, 0) is 6.42 Å². The third kappa shape index (κ3) is 3.45. The van der Waals surface area contributed by atoms with Crippen molar-refractivity contribution in [3.8, 4) is 0 Å². The SMILES string of the molecule is CCc1nc(C2CCCCCCC2)nc(Cl)c1Br. The molecule has 1 heterocycles. The second-order valence-corrected chi connectivity index (χ2v) is 6.18. The number of hydrogen-bond donors (Lipinski definition) is 0. The number of halogens is 2. The fourth-order valence-electron chi connectivity index (χ4n) is 2.61. The number of rotatable bonds is 2. The lowest BCUT2D eigenvalue weighted by atomic mass is 9.90. The van der Waals surface area contributed by atoms with E-state index >= 15 is 0 Å². The third-order valence-electron chi connectivity index (χ3n) is 3.70. The highest BCUT2D eigenvalue weighted by Crippen LogP contribution is 2.32. The number of aryl methyl sites for hydroxylation is 1. The molecule has 0 saturated heterocycles. The minimum Gasteiger partial charge on any atom is -0.236 e. The zero-order valence-corrected chi connectivity index (χ0v) is 13.2. The number of hydrogen-bond acceptors (Lipinski definition) is 2. The Morgan fingerprint density at radius 3 is 2.33 bits per heavy atom. The highest BCUT2D eigenvalue weighted by Gasteiger charge is 2.19. The average Bonchev–Trinajstić information content (AvgIpc) is 2.32. The van der Waals surface area contributed by atoms with Gasteiger partial charge in [0.05, 0.1) is 10.2 Å². The summed E-state index contributed by atoms with van der Waals surface area (Å²) in [6.45, 7) is 2.10. The molecule has 1 aliphatic carbocycles. The fraction of sp³-hybridized carbons (Fsp3) is 0.714. The van der Waals surface area contributed by atoms with Gasteiger partial charge >= 0.3 is 0 Å². The van der Waals surface area contributed by atoms with E-state index in [4.69, 9.17) is 16.6 Å². The van der Waals surface area contributed by atoms with Gasteiger partial charge in [-0.1, -0.05) is 50.6 Å². The van der Waals surface area contributed by atoms with Crippen LogP contribution in [0.15, 0.2) is 4.47 Å². The van der Waals surface area contributed by atoms with Crippen molar-refractivity contribution in [2.24, 2.45) is 0 Å². The first kappa shape index (κ1) is 14.3. The molecule has 1 aromatic rings. The molecular weight excluding hydrogens is 312 g/mol. The Hall–Kier alpha value is -0.150. The zero-order chi connectivity index (χ0) is 13.0. The van der Waals surface area contributed by atoms with Gasteiger partial charge in [0, 0.05) is 5.92 Å². The van der Waals surface area contributed by atoms with Crippen molar-refractivity contribution in [3.63, 3.8) is 0 Å². The van der Waals surface area contributed by atoms with Crippen LogP contribution in [-0.4, -0.2) is 9.97 Å². The molecule has 2 rings (SSSR count). The summed E-state index contributed by atoms with van der Waals surface area (Å²) in [5.41, 5.74) is 1.03. The molecule has 2 nitrogen and oxygen atoms in total. The van der Waals surface area contributed by atoms with E-state index in [9.17, 15) is 0 Å². The molecule has 1 saturated carbocycles. The summed E-state index contributed by atoms with van der Waals surface area (Å²) in [6, 6.07) is 0. The minimum absolute atomic E-state index is 0.501. The van der Waals surface area contributed by atoms with E-state index in [1.54, 1.807) is 0 Å². The molecule has 1 aliphatic rings. The molecule has 0 N–H and O–H groups in total. The van der Waals surface area contributed by atoms with Gasteiger partial charge in [0.1, 0.15) is 11.0 Å². The van der Waals surface area contributed by atoms with Crippen molar-refractivity contribution < 1.29 is 0 Å². The zero-order valence-electron chi connectivity index (χ0n) is 10.9. The predicted octanol–water partition coefficient (Wildman–Crippen LogP) is 5.28. The lowest BCUT2D eigenvalue weighted by molar-refractivity contribution is 0.441. The third-order valence-corrected chi connectivity index (χ3v) is 5.04. The van der Waals surface area contributed by atoms with Crippen LogP contribution in [0.4, 0.5) is 0 Å². The second-order valence-electron chi connectivity index (χ2n) is 5.03. The average molecular weight is 332 g/mol. The number of aromatic nitrogens is 2. The highest BCUT2D eigenvalue weighted by molar-refractivity contribution is 9.10. The van der Waals surface area contributed by atoms with Gasteiger partial charge in [-0.3, -0.25) is 0 Å². The summed E-state index contributed by atoms with van der Waals surface area (Å²) in [5, 5.41) is 0.568. The summed E-state index contributed by atoms with van der Waals surface area (Å²) >= 11 is 9.66. The summed E-state index contributed by atoms with van der Waals surface area (Å²) in [6.07, 6.45) is 9.98. The summed E-state index contributed by atoms with van der Waals surface area (Å²) < 4.78 is 0.862. The maximum absolute atomic E-state index is 6.19. The molecule has 0 radical (unpaired) electrons. The van der Waals surface area contributed by atoms with E-state index < -0.39 is 0 Å². The molecule has 100 valence electrons. The molecule has 4 heteroatoms. The Kier molecular flexibility index (Phi) is 5.43. The van der Waals surface area contributed by atoms with E-state index in [0.29, 0.717) is 11.1 Å². The van der Waals surface area contributed by atoms with Gasteiger partial charge in [0.15, 0.2) is 0 Å². The van der Waals surface area contributed by atoms with Crippen LogP contribution in [0.1, 0.15) is 69.3 Å². The van der Waals surface area contributed by atoms with Crippen LogP contribution in [0.3, 0.4) is 0 Å². The maximum atomic E-state index is 6.19. The molecule has 0 aliphatic heterocycles. The quantitative estimate of drug-likeness (QED) is 0.689. The molecule has 1 aromatic heterocycles. The minimum atomic E-state index is 0.501. The van der Waals surface area contributed by atoms with Crippen molar-refractivity contribution >= 4 is 27.5 Å². The lowest BCUT2D eigenvalue weighted by Crippen LogP contribution is -2.09. The lowest BCUT2D eigenvalue weighted by Gasteiger charge is -2.19. The molecule has 0 bridgehead atoms. The van der Waals surface area contributed by atoms with E-state index in [1.165, 1.54) is 44.9 Å². The topological polar surface area (TPSA) is 25.8 Å². The number of nitrogens with zero attached hydrogens (tertiary/aromatic N) is 2. The largest absolute Gasteiger partial charge is 0.236 e. The highest BCUT2D eigenvalue weighted by atomic mass is 79.9. The smallest absolute Gasteiger partial charge is 0.147 e. The monoisotopic (exact) mass is 330 g/mol. The van der Waals surface area contributed by atoms with Gasteiger partial charge in [-0.15, -0.1) is 0 Å². The van der Waals surface area contributed by atoms with Crippen LogP contribution in [0, 0.1) is 0 Å². The molecule has 1 fully saturated rings. The Morgan fingerprint density at radius 1 is 1.11 bits per heavy atom. The van der Waals surface area contributed by atoms with Crippen LogP contribution in [0.5, 0.6) is 0 Å². The van der Waals surface area contributed by atoms with Gasteiger partial charge < -0.3 is 0 Å². The fourth-order valence-corrected chi connectivity index (χ4v) is 3.27. The van der Waals surface area contributed by atoms with Gasteiger partial charge in [-0.2, -0.15) is 0 Å². The summed E-state index contributed by atoms with van der Waals surface area (Å²) in [5.74, 6) is 1.46. The second kappa shape index (κ2) is 6.85. The molecule has 0 spiro atoms. The van der Waals surface area contributed by atoms with Gasteiger partial charge in [0.25, 0.3) is 0 Å². The molecule has 0 atom stereocenters. The van der Waals surface area contributed by atoms with Gasteiger partial charge in [-0.25, -0.2) is 9.97 Å². The van der Waals surface area contributed by atoms with E-state index in [1.807, 2.05) is 0 Å². The van der Waals surface area contributed by atoms with Gasteiger partial charge in [0.2, 0.25) is 0 Å². The summed E-state index contributed by atoms with van der Waals surface area (Å²) in [4.78, 5) is 9.19. The van der Waals surface area contributed by atoms with Crippen LogP contribution >= 0.6 is 27.5 Å². The van der Waals surface area contributed by atoms with E-state index in [-0.39, 0.29) is 0 Å². The Labute approximate surface area is 123 Å². The van der Waals surface area contributed by atoms with Crippen LogP contribution in [0.25, 0.3) is 0 Å². The maximum Gasteiger partial charge on any atom is 0.147 e. The molecule has 0 aromatic carbocycles. The van der Waals surface area contributed by atoms with Crippen LogP contribution < -0.4 is 0 Å². The summed E-state index contributed by atoms with van der Waals surface area (Å²) in [7, 11) is 0. The standard InChI is InChI=1S/C14H20BrClN2/c1-2-11-12(15)13(16)18-14(17-11)10-8-6-4-3-5-7-9-10/h10H,2-9H2,1H3. The first-order valence-electron chi connectivity index (χ1n) is 6.94. The van der Waals surface area contributed by atoms with Crippen molar-refractivity contribution in [2.75, 3.05) is 0 Å². The Bertz CT molecular complexity index is 401. The Balaban J connectivity index is 2.22. The molecular formula is C14H20BrClN2. The predicted molar refractivity (Wildman–Crippen MR) is 79.2 cm³/mol. The van der Waals surface area contributed by atoms with Crippen molar-refractivity contribution in [1.29, 1.82) is 0 Å². The Morgan fingerprint density at radius 2 is 1.72 bits per heavy atom. The van der Waals surface area contributed by atoms with Crippen molar-refractivity contribution in [3.05, 3.63) is 21.1 Å².